The Balaban J connectivity index is 1.28. The van der Waals surface area contributed by atoms with Crippen LogP contribution in [-0.4, -0.2) is 54.4 Å². The van der Waals surface area contributed by atoms with E-state index < -0.39 is 29.5 Å². The van der Waals surface area contributed by atoms with Crippen molar-refractivity contribution in [3.8, 4) is 11.5 Å². The molecule has 39 heavy (non-hydrogen) atoms. The van der Waals surface area contributed by atoms with Gasteiger partial charge in [0.25, 0.3) is 5.91 Å². The largest absolute Gasteiger partial charge is 0.496 e. The molecule has 0 aliphatic heterocycles. The van der Waals surface area contributed by atoms with Gasteiger partial charge in [0.15, 0.2) is 11.6 Å². The Morgan fingerprint density at radius 1 is 1.05 bits per heavy atom. The predicted octanol–water partition coefficient (Wildman–Crippen LogP) is 4.40. The van der Waals surface area contributed by atoms with Gasteiger partial charge in [-0.3, -0.25) is 9.59 Å². The molecule has 0 heterocycles. The molecule has 4 atom stereocenters. The van der Waals surface area contributed by atoms with Crippen LogP contribution in [0.3, 0.4) is 0 Å². The lowest BCUT2D eigenvalue weighted by molar-refractivity contribution is -0.154. The summed E-state index contributed by atoms with van der Waals surface area (Å²) in [4.78, 5) is 37.9. The Hall–Kier alpha value is -2.91. The van der Waals surface area contributed by atoms with E-state index in [1.54, 1.807) is 0 Å². The molecule has 0 unspecified atom stereocenters. The van der Waals surface area contributed by atoms with Crippen LogP contribution in [0.1, 0.15) is 81.5 Å². The Morgan fingerprint density at radius 2 is 1.74 bits per heavy atom. The van der Waals surface area contributed by atoms with Crippen molar-refractivity contribution in [2.24, 2.45) is 23.2 Å². The number of carbonyl (C=O) groups is 3. The molecule has 0 aromatic heterocycles. The Kier molecular flexibility index (Phi) is 7.50. The minimum absolute atomic E-state index is 0.0154. The lowest BCUT2D eigenvalue weighted by Crippen LogP contribution is -2.51. The summed E-state index contributed by atoms with van der Waals surface area (Å²) < 4.78 is 40.3. The molecule has 214 valence electrons. The zero-order chi connectivity index (χ0) is 27.9. The van der Waals surface area contributed by atoms with Gasteiger partial charge in [0.05, 0.1) is 24.7 Å². The van der Waals surface area contributed by atoms with E-state index in [-0.39, 0.29) is 77.9 Å². The second-order valence-electron chi connectivity index (χ2n) is 12.3. The number of carbonyl (C=O) groups excluding carboxylic acids is 2. The van der Waals surface area contributed by atoms with Crippen molar-refractivity contribution in [2.75, 3.05) is 13.7 Å². The highest BCUT2D eigenvalue weighted by molar-refractivity contribution is 5.98. The maximum atomic E-state index is 14.9. The van der Waals surface area contributed by atoms with E-state index in [2.05, 4.69) is 17.6 Å². The van der Waals surface area contributed by atoms with Crippen molar-refractivity contribution in [3.05, 3.63) is 23.5 Å². The van der Waals surface area contributed by atoms with Crippen molar-refractivity contribution < 1.29 is 37.7 Å². The van der Waals surface area contributed by atoms with Crippen LogP contribution in [0.25, 0.3) is 0 Å². The van der Waals surface area contributed by atoms with Crippen LogP contribution < -0.4 is 20.1 Å². The van der Waals surface area contributed by atoms with Crippen LogP contribution in [0.15, 0.2) is 12.1 Å². The number of alkyl halides is 1. The molecule has 0 spiro atoms. The molecule has 10 heteroatoms. The number of nitrogens with one attached hydrogen (secondary N) is 2. The lowest BCUT2D eigenvalue weighted by Gasteiger charge is -2.39. The molecule has 5 rings (SSSR count). The monoisotopic (exact) mass is 548 g/mol. The number of carboxylic acid groups (broad SMARTS) is 1. The van der Waals surface area contributed by atoms with Crippen LogP contribution in [0.4, 0.5) is 8.78 Å². The Bertz CT molecular complexity index is 1130. The minimum Gasteiger partial charge on any atom is -0.496 e. The van der Waals surface area contributed by atoms with Crippen molar-refractivity contribution in [3.63, 3.8) is 0 Å². The number of ether oxygens (including phenoxy) is 2. The molecular formula is C29H38F2N2O6. The topological polar surface area (TPSA) is 114 Å². The number of methoxy groups -OCH3 is 1. The third kappa shape index (κ3) is 5.43. The summed E-state index contributed by atoms with van der Waals surface area (Å²) >= 11 is 0. The lowest BCUT2D eigenvalue weighted by atomic mass is 9.70. The SMILES string of the molecule is COc1cc(F)c(OC2CCC(F)(C(=O)O)CC2)cc1C(=O)N[C@@H]1[C@H]2CC[C@H](C2)[C@@H]1C(=O)NCC1(C)CCC1. The van der Waals surface area contributed by atoms with Crippen LogP contribution in [-0.2, 0) is 9.59 Å². The summed E-state index contributed by atoms with van der Waals surface area (Å²) in [5.41, 5.74) is -2.07. The van der Waals surface area contributed by atoms with Crippen molar-refractivity contribution in [1.82, 2.24) is 10.6 Å². The Morgan fingerprint density at radius 3 is 2.36 bits per heavy atom. The highest BCUT2D eigenvalue weighted by Crippen LogP contribution is 2.49. The number of amides is 2. The molecule has 3 N–H and O–H groups in total. The van der Waals surface area contributed by atoms with E-state index in [1.165, 1.54) is 19.6 Å². The first-order chi connectivity index (χ1) is 18.5. The van der Waals surface area contributed by atoms with Gasteiger partial charge in [-0.25, -0.2) is 13.6 Å². The summed E-state index contributed by atoms with van der Waals surface area (Å²) in [6.07, 6.45) is 5.37. The fourth-order valence-electron chi connectivity index (χ4n) is 7.01. The number of aliphatic carboxylic acids is 1. The van der Waals surface area contributed by atoms with Crippen LogP contribution in [0, 0.1) is 29.0 Å². The molecule has 4 fully saturated rings. The molecule has 8 nitrogen and oxygen atoms in total. The first-order valence-corrected chi connectivity index (χ1v) is 14.1. The fourth-order valence-corrected chi connectivity index (χ4v) is 7.01. The second kappa shape index (κ2) is 10.6. The molecule has 1 aromatic carbocycles. The number of hydrogen-bond donors (Lipinski definition) is 3. The summed E-state index contributed by atoms with van der Waals surface area (Å²) in [5, 5.41) is 15.3. The van der Waals surface area contributed by atoms with Gasteiger partial charge in [-0.2, -0.15) is 0 Å². The molecular weight excluding hydrogens is 510 g/mol. The van der Waals surface area contributed by atoms with Gasteiger partial charge in [0.1, 0.15) is 5.75 Å². The average molecular weight is 549 g/mol. The van der Waals surface area contributed by atoms with Crippen molar-refractivity contribution >= 4 is 17.8 Å². The fraction of sp³-hybridized carbons (Fsp3) is 0.690. The van der Waals surface area contributed by atoms with Gasteiger partial charge in [-0.05, 0) is 81.1 Å². The van der Waals surface area contributed by atoms with Gasteiger partial charge in [0.2, 0.25) is 11.6 Å². The molecule has 2 amide bonds. The van der Waals surface area contributed by atoms with Gasteiger partial charge in [-0.1, -0.05) is 13.3 Å². The van der Waals surface area contributed by atoms with E-state index >= 15 is 0 Å². The standard InChI is InChI=1S/C29H38F2N2O6/c1-28(8-3-9-28)15-32-26(35)23-16-4-5-17(12-16)24(23)33-25(34)19-13-22(20(30)14-21(19)38-2)39-18-6-10-29(31,11-7-18)27(36)37/h13-14,16-18,23-24H,3-12,15H2,1-2H3,(H,32,35)(H,33,34)(H,36,37)/t16-,17+,18?,23+,24-,29?/m1/s1. The van der Waals surface area contributed by atoms with Gasteiger partial charge >= 0.3 is 5.97 Å². The van der Waals surface area contributed by atoms with Gasteiger partial charge in [-0.15, -0.1) is 0 Å². The number of carboxylic acids is 1. The third-order valence-electron chi connectivity index (χ3n) is 9.67. The van der Waals surface area contributed by atoms with E-state index in [0.29, 0.717) is 6.54 Å². The van der Waals surface area contributed by atoms with Crippen LogP contribution in [0.5, 0.6) is 11.5 Å². The van der Waals surface area contributed by atoms with E-state index in [1.807, 2.05) is 0 Å². The van der Waals surface area contributed by atoms with Crippen molar-refractivity contribution in [2.45, 2.75) is 88.9 Å². The summed E-state index contributed by atoms with van der Waals surface area (Å²) in [6.45, 7) is 2.83. The summed E-state index contributed by atoms with van der Waals surface area (Å²) in [5.74, 6) is -2.75. The maximum Gasteiger partial charge on any atom is 0.341 e. The number of benzene rings is 1. The molecule has 0 saturated heterocycles. The molecule has 4 saturated carbocycles. The summed E-state index contributed by atoms with van der Waals surface area (Å²) in [7, 11) is 1.34. The second-order valence-corrected chi connectivity index (χ2v) is 12.3. The molecule has 0 radical (unpaired) electrons. The smallest absolute Gasteiger partial charge is 0.341 e. The zero-order valence-corrected chi connectivity index (χ0v) is 22.6. The van der Waals surface area contributed by atoms with Crippen molar-refractivity contribution in [1.29, 1.82) is 0 Å². The van der Waals surface area contributed by atoms with E-state index in [4.69, 9.17) is 14.6 Å². The zero-order valence-electron chi connectivity index (χ0n) is 22.6. The Labute approximate surface area is 227 Å². The number of halogens is 2. The van der Waals surface area contributed by atoms with E-state index in [0.717, 1.165) is 38.2 Å². The van der Waals surface area contributed by atoms with Crippen LogP contribution in [0.2, 0.25) is 0 Å². The normalized spacial score (nSPS) is 32.7. The maximum absolute atomic E-state index is 14.9. The predicted molar refractivity (Wildman–Crippen MR) is 138 cm³/mol. The number of hydrogen-bond acceptors (Lipinski definition) is 5. The first-order valence-electron chi connectivity index (χ1n) is 14.1. The molecule has 2 bridgehead atoms. The first kappa shape index (κ1) is 27.6. The molecule has 4 aliphatic rings. The third-order valence-corrected chi connectivity index (χ3v) is 9.67. The number of rotatable bonds is 9. The molecule has 4 aliphatic carbocycles. The van der Waals surface area contributed by atoms with Gasteiger partial charge in [0, 0.05) is 18.7 Å². The molecule has 1 aromatic rings. The average Bonchev–Trinajstić information content (AvgIpc) is 3.50. The van der Waals surface area contributed by atoms with E-state index in [9.17, 15) is 23.2 Å². The summed E-state index contributed by atoms with van der Waals surface area (Å²) in [6, 6.07) is 2.03. The van der Waals surface area contributed by atoms with Gasteiger partial charge < -0.3 is 25.2 Å². The number of fused-ring (bicyclic) bond motifs is 2. The minimum atomic E-state index is -2.30. The quantitative estimate of drug-likeness (QED) is 0.422. The van der Waals surface area contributed by atoms with Crippen LogP contribution >= 0.6 is 0 Å². The highest BCUT2D eigenvalue weighted by Gasteiger charge is 2.52. The highest BCUT2D eigenvalue weighted by atomic mass is 19.1.